The smallest absolute Gasteiger partial charge is 0.410 e. The number of carbonyl (C=O) groups is 1. The first-order valence-corrected chi connectivity index (χ1v) is 10.1. The number of aryl methyl sites for hydroxylation is 1. The second kappa shape index (κ2) is 7.67. The summed E-state index contributed by atoms with van der Waals surface area (Å²) in [5.74, 6) is 0. The molecule has 1 amide bonds. The van der Waals surface area contributed by atoms with Crippen molar-refractivity contribution in [2.24, 2.45) is 0 Å². The molecule has 5 heteroatoms. The molecule has 1 fully saturated rings. The van der Waals surface area contributed by atoms with Gasteiger partial charge in [-0.3, -0.25) is 0 Å². The molecule has 0 radical (unpaired) electrons. The highest BCUT2D eigenvalue weighted by Gasteiger charge is 2.34. The number of amides is 1. The van der Waals surface area contributed by atoms with Crippen LogP contribution in [-0.4, -0.2) is 35.7 Å². The van der Waals surface area contributed by atoms with Crippen molar-refractivity contribution in [3.8, 4) is 0 Å². The van der Waals surface area contributed by atoms with E-state index in [1.807, 2.05) is 25.7 Å². The van der Waals surface area contributed by atoms with Gasteiger partial charge in [0.25, 0.3) is 0 Å². The SMILES string of the molecule is CC(C)(C)OC(=O)N(CCCNC1CCc2cc(Br)ccc21)C1CC1. The van der Waals surface area contributed by atoms with E-state index in [0.29, 0.717) is 12.1 Å². The summed E-state index contributed by atoms with van der Waals surface area (Å²) < 4.78 is 6.71. The Morgan fingerprint density at radius 2 is 2.08 bits per heavy atom. The van der Waals surface area contributed by atoms with Gasteiger partial charge in [0.15, 0.2) is 0 Å². The lowest BCUT2D eigenvalue weighted by Gasteiger charge is -2.27. The zero-order chi connectivity index (χ0) is 18.0. The monoisotopic (exact) mass is 408 g/mol. The summed E-state index contributed by atoms with van der Waals surface area (Å²) in [7, 11) is 0. The maximum Gasteiger partial charge on any atom is 0.410 e. The highest BCUT2D eigenvalue weighted by molar-refractivity contribution is 9.10. The predicted octanol–water partition coefficient (Wildman–Crippen LogP) is 4.82. The van der Waals surface area contributed by atoms with Crippen molar-refractivity contribution in [1.29, 1.82) is 0 Å². The molecule has 0 spiro atoms. The molecule has 1 aromatic carbocycles. The summed E-state index contributed by atoms with van der Waals surface area (Å²) >= 11 is 3.55. The van der Waals surface area contributed by atoms with E-state index in [4.69, 9.17) is 4.74 Å². The van der Waals surface area contributed by atoms with Crippen LogP contribution in [0.1, 0.15) is 63.6 Å². The molecule has 2 aliphatic carbocycles. The van der Waals surface area contributed by atoms with Gasteiger partial charge in [-0.1, -0.05) is 22.0 Å². The zero-order valence-corrected chi connectivity index (χ0v) is 17.1. The molecule has 1 N–H and O–H groups in total. The van der Waals surface area contributed by atoms with Crippen molar-refractivity contribution >= 4 is 22.0 Å². The second-order valence-electron chi connectivity index (χ2n) is 8.15. The van der Waals surface area contributed by atoms with Crippen molar-refractivity contribution in [1.82, 2.24) is 10.2 Å². The van der Waals surface area contributed by atoms with Crippen molar-refractivity contribution in [3.63, 3.8) is 0 Å². The maximum absolute atomic E-state index is 12.4. The van der Waals surface area contributed by atoms with Crippen LogP contribution in [0.15, 0.2) is 22.7 Å². The minimum Gasteiger partial charge on any atom is -0.444 e. The summed E-state index contributed by atoms with van der Waals surface area (Å²) in [6, 6.07) is 7.41. The van der Waals surface area contributed by atoms with E-state index < -0.39 is 5.60 Å². The lowest BCUT2D eigenvalue weighted by atomic mass is 10.1. The standard InChI is InChI=1S/C20H29BrN2O2/c1-20(2,3)25-19(24)23(16-7-8-16)12-4-11-22-18-10-5-14-13-15(21)6-9-17(14)18/h6,9,13,16,18,22H,4-5,7-8,10-12H2,1-3H3. The number of carbonyl (C=O) groups excluding carboxylic acids is 1. The molecule has 0 heterocycles. The molecular weight excluding hydrogens is 380 g/mol. The van der Waals surface area contributed by atoms with Gasteiger partial charge in [-0.2, -0.15) is 0 Å². The maximum atomic E-state index is 12.4. The fourth-order valence-corrected chi connectivity index (χ4v) is 3.86. The average Bonchev–Trinajstić information content (AvgIpc) is 3.26. The minimum absolute atomic E-state index is 0.161. The fraction of sp³-hybridized carbons (Fsp3) is 0.650. The van der Waals surface area contributed by atoms with Crippen LogP contribution in [0.5, 0.6) is 0 Å². The first-order chi connectivity index (χ1) is 11.8. The summed E-state index contributed by atoms with van der Waals surface area (Å²) in [4.78, 5) is 14.3. The van der Waals surface area contributed by atoms with Gasteiger partial charge < -0.3 is 15.0 Å². The first kappa shape index (κ1) is 18.7. The van der Waals surface area contributed by atoms with Gasteiger partial charge in [-0.05, 0) is 82.7 Å². The van der Waals surface area contributed by atoms with E-state index in [0.717, 1.165) is 49.7 Å². The van der Waals surface area contributed by atoms with Crippen LogP contribution in [0, 0.1) is 0 Å². The number of hydrogen-bond acceptors (Lipinski definition) is 3. The Morgan fingerprint density at radius 3 is 2.76 bits per heavy atom. The van der Waals surface area contributed by atoms with Crippen LogP contribution in [0.3, 0.4) is 0 Å². The number of nitrogens with zero attached hydrogens (tertiary/aromatic N) is 1. The van der Waals surface area contributed by atoms with E-state index >= 15 is 0 Å². The molecule has 4 nitrogen and oxygen atoms in total. The molecule has 3 rings (SSSR count). The van der Waals surface area contributed by atoms with Crippen molar-refractivity contribution in [2.75, 3.05) is 13.1 Å². The third-order valence-electron chi connectivity index (χ3n) is 4.76. The Bertz CT molecular complexity index is 623. The number of benzene rings is 1. The normalized spacial score (nSPS) is 19.6. The molecule has 1 atom stereocenters. The molecule has 0 aliphatic heterocycles. The van der Waals surface area contributed by atoms with Crippen LogP contribution in [-0.2, 0) is 11.2 Å². The van der Waals surface area contributed by atoms with Gasteiger partial charge in [-0.25, -0.2) is 4.79 Å². The highest BCUT2D eigenvalue weighted by Crippen LogP contribution is 2.33. The number of nitrogens with one attached hydrogen (secondary N) is 1. The summed E-state index contributed by atoms with van der Waals surface area (Å²) in [5.41, 5.74) is 2.44. The minimum atomic E-state index is -0.426. The Hall–Kier alpha value is -1.07. The van der Waals surface area contributed by atoms with Crippen LogP contribution >= 0.6 is 15.9 Å². The predicted molar refractivity (Wildman–Crippen MR) is 104 cm³/mol. The van der Waals surface area contributed by atoms with Gasteiger partial charge in [0.1, 0.15) is 5.60 Å². The quantitative estimate of drug-likeness (QED) is 0.686. The van der Waals surface area contributed by atoms with Gasteiger partial charge in [-0.15, -0.1) is 0 Å². The van der Waals surface area contributed by atoms with E-state index in [1.54, 1.807) is 0 Å². The number of hydrogen-bond donors (Lipinski definition) is 1. The summed E-state index contributed by atoms with van der Waals surface area (Å²) in [6.07, 6.45) is 5.31. The molecule has 1 aromatic rings. The van der Waals surface area contributed by atoms with Crippen molar-refractivity contribution in [3.05, 3.63) is 33.8 Å². The summed E-state index contributed by atoms with van der Waals surface area (Å²) in [5, 5.41) is 3.67. The largest absolute Gasteiger partial charge is 0.444 e. The molecule has 25 heavy (non-hydrogen) atoms. The average molecular weight is 409 g/mol. The highest BCUT2D eigenvalue weighted by atomic mass is 79.9. The molecule has 0 bridgehead atoms. The topological polar surface area (TPSA) is 41.6 Å². The van der Waals surface area contributed by atoms with E-state index in [1.165, 1.54) is 11.1 Å². The van der Waals surface area contributed by atoms with Crippen LogP contribution < -0.4 is 5.32 Å². The molecular formula is C20H29BrN2O2. The van der Waals surface area contributed by atoms with Gasteiger partial charge in [0, 0.05) is 23.1 Å². The Balaban J connectivity index is 1.45. The third-order valence-corrected chi connectivity index (χ3v) is 5.26. The van der Waals surface area contributed by atoms with Gasteiger partial charge in [0.2, 0.25) is 0 Å². The third kappa shape index (κ3) is 5.20. The van der Waals surface area contributed by atoms with Gasteiger partial charge >= 0.3 is 6.09 Å². The fourth-order valence-electron chi connectivity index (χ4n) is 3.45. The number of fused-ring (bicyclic) bond motifs is 1. The lowest BCUT2D eigenvalue weighted by molar-refractivity contribution is 0.0231. The zero-order valence-electron chi connectivity index (χ0n) is 15.5. The number of rotatable bonds is 6. The summed E-state index contributed by atoms with van der Waals surface area (Å²) in [6.45, 7) is 7.47. The van der Waals surface area contributed by atoms with Crippen LogP contribution in [0.4, 0.5) is 4.79 Å². The van der Waals surface area contributed by atoms with Crippen molar-refractivity contribution in [2.45, 2.75) is 70.6 Å². The van der Waals surface area contributed by atoms with E-state index in [-0.39, 0.29) is 6.09 Å². The Kier molecular flexibility index (Phi) is 5.74. The Labute approximate surface area is 159 Å². The van der Waals surface area contributed by atoms with Crippen LogP contribution in [0.25, 0.3) is 0 Å². The molecule has 1 saturated carbocycles. The molecule has 0 saturated heterocycles. The molecule has 0 aromatic heterocycles. The number of ether oxygens (including phenoxy) is 1. The molecule has 138 valence electrons. The molecule has 1 unspecified atom stereocenters. The first-order valence-electron chi connectivity index (χ1n) is 9.35. The van der Waals surface area contributed by atoms with E-state index in [9.17, 15) is 4.79 Å². The van der Waals surface area contributed by atoms with E-state index in [2.05, 4.69) is 39.4 Å². The molecule has 2 aliphatic rings. The Morgan fingerprint density at radius 1 is 1.32 bits per heavy atom. The van der Waals surface area contributed by atoms with Crippen molar-refractivity contribution < 1.29 is 9.53 Å². The van der Waals surface area contributed by atoms with Crippen LogP contribution in [0.2, 0.25) is 0 Å². The van der Waals surface area contributed by atoms with Gasteiger partial charge in [0.05, 0.1) is 0 Å². The lowest BCUT2D eigenvalue weighted by Crippen LogP contribution is -2.39. The number of halogens is 1. The second-order valence-corrected chi connectivity index (χ2v) is 9.06.